The molecule has 10 aromatic rings. The molecule has 1 aliphatic rings. The van der Waals surface area contributed by atoms with E-state index < -0.39 is 0 Å². The Balaban J connectivity index is 1.02. The summed E-state index contributed by atoms with van der Waals surface area (Å²) in [4.78, 5) is 2.43. The standard InChI is InChI=1S/C61H45N/c1-61(2)57-26-10-8-24-56(57)60-55(25-14-27-58(60)61)46-35-37-52(38-36-46)62(53-22-13-21-50(41-53)49-20-12-19-48(39-49)42-15-4-3-5-16-42)59-28-11-9-23-54(59)45-32-29-44(30-33-45)51-34-31-43-17-6-7-18-47(43)40-51/h3-41H,1-2H3. The van der Waals surface area contributed by atoms with Crippen LogP contribution in [-0.2, 0) is 5.41 Å². The van der Waals surface area contributed by atoms with Gasteiger partial charge in [0.05, 0.1) is 5.69 Å². The van der Waals surface area contributed by atoms with Crippen molar-refractivity contribution in [2.75, 3.05) is 4.90 Å². The summed E-state index contributed by atoms with van der Waals surface area (Å²) in [5.41, 5.74) is 20.7. The largest absolute Gasteiger partial charge is 0.310 e. The van der Waals surface area contributed by atoms with Gasteiger partial charge in [-0.05, 0) is 126 Å². The van der Waals surface area contributed by atoms with Crippen molar-refractivity contribution in [3.05, 3.63) is 248 Å². The van der Waals surface area contributed by atoms with E-state index in [4.69, 9.17) is 0 Å². The molecule has 1 aliphatic carbocycles. The quantitative estimate of drug-likeness (QED) is 0.148. The minimum atomic E-state index is -0.0539. The molecule has 0 aromatic heterocycles. The first-order valence-electron chi connectivity index (χ1n) is 21.6. The Labute approximate surface area is 364 Å². The molecule has 0 heterocycles. The van der Waals surface area contributed by atoms with E-state index in [2.05, 4.69) is 255 Å². The van der Waals surface area contributed by atoms with E-state index in [9.17, 15) is 0 Å². The summed E-state index contributed by atoms with van der Waals surface area (Å²) in [5, 5.41) is 2.50. The first-order valence-corrected chi connectivity index (χ1v) is 21.6. The van der Waals surface area contributed by atoms with E-state index in [1.54, 1.807) is 0 Å². The van der Waals surface area contributed by atoms with Crippen LogP contribution in [0.25, 0.3) is 77.5 Å². The summed E-state index contributed by atoms with van der Waals surface area (Å²) in [6.45, 7) is 4.70. The molecular weight excluding hydrogens is 747 g/mol. The van der Waals surface area contributed by atoms with Crippen LogP contribution in [0.3, 0.4) is 0 Å². The average Bonchev–Trinajstić information content (AvgIpc) is 3.58. The second-order valence-electron chi connectivity index (χ2n) is 16.9. The number of nitrogens with zero attached hydrogens (tertiary/aromatic N) is 1. The number of anilines is 3. The van der Waals surface area contributed by atoms with Crippen LogP contribution < -0.4 is 4.90 Å². The van der Waals surface area contributed by atoms with Gasteiger partial charge >= 0.3 is 0 Å². The zero-order chi connectivity index (χ0) is 41.6. The predicted molar refractivity (Wildman–Crippen MR) is 263 cm³/mol. The fraction of sp³-hybridized carbons (Fsp3) is 0.0492. The van der Waals surface area contributed by atoms with Gasteiger partial charge in [0.15, 0.2) is 0 Å². The Morgan fingerprint density at radius 2 is 0.790 bits per heavy atom. The fourth-order valence-electron chi connectivity index (χ4n) is 9.67. The van der Waals surface area contributed by atoms with E-state index in [1.807, 2.05) is 0 Å². The van der Waals surface area contributed by atoms with Crippen LogP contribution in [0, 0.1) is 0 Å². The molecule has 0 atom stereocenters. The Morgan fingerprint density at radius 1 is 0.290 bits per heavy atom. The van der Waals surface area contributed by atoms with Crippen molar-refractivity contribution < 1.29 is 0 Å². The molecule has 0 saturated heterocycles. The normalized spacial score (nSPS) is 12.5. The molecule has 1 heteroatoms. The van der Waals surface area contributed by atoms with Crippen LogP contribution in [0.4, 0.5) is 17.1 Å². The maximum Gasteiger partial charge on any atom is 0.0540 e. The molecule has 11 rings (SSSR count). The van der Waals surface area contributed by atoms with Gasteiger partial charge in [0, 0.05) is 22.4 Å². The topological polar surface area (TPSA) is 3.24 Å². The molecular formula is C61H45N. The van der Waals surface area contributed by atoms with Gasteiger partial charge in [-0.3, -0.25) is 0 Å². The van der Waals surface area contributed by atoms with Crippen LogP contribution in [-0.4, -0.2) is 0 Å². The molecule has 10 aromatic carbocycles. The van der Waals surface area contributed by atoms with E-state index >= 15 is 0 Å². The van der Waals surface area contributed by atoms with E-state index in [1.165, 1.54) is 83.1 Å². The Kier molecular flexibility index (Phi) is 9.24. The molecule has 0 aliphatic heterocycles. The lowest BCUT2D eigenvalue weighted by Gasteiger charge is -2.28. The summed E-state index contributed by atoms with van der Waals surface area (Å²) in [6, 6.07) is 86.6. The monoisotopic (exact) mass is 791 g/mol. The number of rotatable bonds is 8. The fourth-order valence-corrected chi connectivity index (χ4v) is 9.67. The smallest absolute Gasteiger partial charge is 0.0540 e. The molecule has 0 fully saturated rings. The molecule has 0 N–H and O–H groups in total. The highest BCUT2D eigenvalue weighted by molar-refractivity contribution is 5.95. The molecule has 0 radical (unpaired) electrons. The number of fused-ring (bicyclic) bond motifs is 4. The van der Waals surface area contributed by atoms with Crippen molar-refractivity contribution in [2.45, 2.75) is 19.3 Å². The van der Waals surface area contributed by atoms with Crippen molar-refractivity contribution in [1.82, 2.24) is 0 Å². The maximum atomic E-state index is 2.43. The molecule has 62 heavy (non-hydrogen) atoms. The first kappa shape index (κ1) is 37.3. The molecule has 294 valence electrons. The molecule has 0 bridgehead atoms. The first-order chi connectivity index (χ1) is 30.5. The highest BCUT2D eigenvalue weighted by Crippen LogP contribution is 2.52. The SMILES string of the molecule is CC1(C)c2ccccc2-c2c(-c3ccc(N(c4cccc(-c5cccc(-c6ccccc6)c5)c4)c4ccccc4-c4ccc(-c5ccc6ccccc6c5)cc4)cc3)cccc21. The Hall–Kier alpha value is -7.74. The van der Waals surface area contributed by atoms with Crippen LogP contribution >= 0.6 is 0 Å². The Morgan fingerprint density at radius 3 is 1.60 bits per heavy atom. The predicted octanol–water partition coefficient (Wildman–Crippen LogP) is 17.0. The van der Waals surface area contributed by atoms with Crippen molar-refractivity contribution >= 4 is 27.8 Å². The Bertz CT molecular complexity index is 3250. The van der Waals surface area contributed by atoms with E-state index in [-0.39, 0.29) is 5.41 Å². The van der Waals surface area contributed by atoms with Gasteiger partial charge in [-0.1, -0.05) is 208 Å². The van der Waals surface area contributed by atoms with E-state index in [0.717, 1.165) is 22.6 Å². The lowest BCUT2D eigenvalue weighted by Crippen LogP contribution is -2.14. The van der Waals surface area contributed by atoms with Gasteiger partial charge in [-0.2, -0.15) is 0 Å². The molecule has 0 spiro atoms. The van der Waals surface area contributed by atoms with Crippen LogP contribution in [0.1, 0.15) is 25.0 Å². The third kappa shape index (κ3) is 6.60. The average molecular weight is 792 g/mol. The maximum absolute atomic E-state index is 2.43. The summed E-state index contributed by atoms with van der Waals surface area (Å²) in [7, 11) is 0. The number of hydrogen-bond acceptors (Lipinski definition) is 1. The van der Waals surface area contributed by atoms with Crippen molar-refractivity contribution in [2.24, 2.45) is 0 Å². The second-order valence-corrected chi connectivity index (χ2v) is 16.9. The zero-order valence-electron chi connectivity index (χ0n) is 35.0. The van der Waals surface area contributed by atoms with Crippen molar-refractivity contribution in [1.29, 1.82) is 0 Å². The van der Waals surface area contributed by atoms with Crippen LogP contribution in [0.15, 0.2) is 237 Å². The second kappa shape index (κ2) is 15.4. The van der Waals surface area contributed by atoms with Crippen LogP contribution in [0.2, 0.25) is 0 Å². The van der Waals surface area contributed by atoms with E-state index in [0.29, 0.717) is 0 Å². The highest BCUT2D eigenvalue weighted by Gasteiger charge is 2.36. The number of hydrogen-bond donors (Lipinski definition) is 0. The molecule has 0 saturated carbocycles. The van der Waals surface area contributed by atoms with Crippen LogP contribution in [0.5, 0.6) is 0 Å². The third-order valence-electron chi connectivity index (χ3n) is 12.9. The third-order valence-corrected chi connectivity index (χ3v) is 12.9. The molecule has 0 amide bonds. The molecule has 1 nitrogen and oxygen atoms in total. The lowest BCUT2D eigenvalue weighted by molar-refractivity contribution is 0.660. The lowest BCUT2D eigenvalue weighted by atomic mass is 9.82. The summed E-state index contributed by atoms with van der Waals surface area (Å²) in [6.07, 6.45) is 0. The van der Waals surface area contributed by atoms with Crippen molar-refractivity contribution in [3.63, 3.8) is 0 Å². The summed E-state index contributed by atoms with van der Waals surface area (Å²) >= 11 is 0. The van der Waals surface area contributed by atoms with Gasteiger partial charge in [0.1, 0.15) is 0 Å². The van der Waals surface area contributed by atoms with Crippen molar-refractivity contribution in [3.8, 4) is 66.8 Å². The summed E-state index contributed by atoms with van der Waals surface area (Å²) in [5.74, 6) is 0. The van der Waals surface area contributed by atoms with Gasteiger partial charge in [-0.15, -0.1) is 0 Å². The number of para-hydroxylation sites is 1. The highest BCUT2D eigenvalue weighted by atomic mass is 15.1. The van der Waals surface area contributed by atoms with Gasteiger partial charge in [0.25, 0.3) is 0 Å². The summed E-state index contributed by atoms with van der Waals surface area (Å²) < 4.78 is 0. The van der Waals surface area contributed by atoms with Gasteiger partial charge in [-0.25, -0.2) is 0 Å². The minimum Gasteiger partial charge on any atom is -0.310 e. The zero-order valence-corrected chi connectivity index (χ0v) is 35.0. The van der Waals surface area contributed by atoms with Gasteiger partial charge < -0.3 is 4.90 Å². The van der Waals surface area contributed by atoms with Gasteiger partial charge in [0.2, 0.25) is 0 Å². The molecule has 0 unspecified atom stereocenters. The number of benzene rings is 10. The minimum absolute atomic E-state index is 0.0539.